The van der Waals surface area contributed by atoms with Crippen LogP contribution in [0.2, 0.25) is 0 Å². The molecule has 5 rings (SSSR count). The topological polar surface area (TPSA) is 73.0 Å². The van der Waals surface area contributed by atoms with Crippen molar-refractivity contribution in [3.05, 3.63) is 53.1 Å². The van der Waals surface area contributed by atoms with Gasteiger partial charge in [-0.3, -0.25) is 9.20 Å². The van der Waals surface area contributed by atoms with E-state index < -0.39 is 11.6 Å². The third-order valence-electron chi connectivity index (χ3n) is 5.79. The molecule has 1 aliphatic rings. The van der Waals surface area contributed by atoms with Crippen LogP contribution in [0.25, 0.3) is 27.5 Å². The molecule has 0 aliphatic heterocycles. The third kappa shape index (κ3) is 3.70. The van der Waals surface area contributed by atoms with Crippen molar-refractivity contribution in [2.75, 3.05) is 0 Å². The highest BCUT2D eigenvalue weighted by Gasteiger charge is 2.27. The van der Waals surface area contributed by atoms with Gasteiger partial charge in [-0.2, -0.15) is 0 Å². The van der Waals surface area contributed by atoms with Gasteiger partial charge in [-0.1, -0.05) is 13.8 Å². The normalized spacial score (nSPS) is 15.2. The summed E-state index contributed by atoms with van der Waals surface area (Å²) in [4.78, 5) is 21.7. The van der Waals surface area contributed by atoms with Crippen molar-refractivity contribution >= 4 is 22.9 Å². The zero-order valence-corrected chi connectivity index (χ0v) is 18.5. The molecule has 0 spiro atoms. The maximum absolute atomic E-state index is 14.7. The second kappa shape index (κ2) is 8.12. The number of thiazole rings is 1. The van der Waals surface area contributed by atoms with Crippen LogP contribution in [-0.4, -0.2) is 30.3 Å². The number of benzene rings is 1. The zero-order chi connectivity index (χ0) is 22.4. The highest BCUT2D eigenvalue weighted by Crippen LogP contribution is 2.43. The number of ketones is 1. The van der Waals surface area contributed by atoms with Gasteiger partial charge in [0.15, 0.2) is 0 Å². The summed E-state index contributed by atoms with van der Waals surface area (Å²) in [5.41, 5.74) is 1.46. The Morgan fingerprint density at radius 1 is 1.16 bits per heavy atom. The Bertz CT molecular complexity index is 1320. The van der Waals surface area contributed by atoms with Crippen molar-refractivity contribution in [3.63, 3.8) is 0 Å². The number of aromatic nitrogens is 5. The predicted octanol–water partition coefficient (Wildman–Crippen LogP) is 5.54. The van der Waals surface area contributed by atoms with Crippen LogP contribution in [0.4, 0.5) is 8.78 Å². The Labute approximate surface area is 187 Å². The average molecular weight is 454 g/mol. The van der Waals surface area contributed by atoms with Gasteiger partial charge in [0.05, 0.1) is 15.6 Å². The number of carbonyl (C=O) groups is 1. The smallest absolute Gasteiger partial charge is 0.254 e. The molecule has 6 nitrogen and oxygen atoms in total. The van der Waals surface area contributed by atoms with Crippen LogP contribution < -0.4 is 0 Å². The van der Waals surface area contributed by atoms with Crippen LogP contribution in [0.5, 0.6) is 0 Å². The lowest BCUT2D eigenvalue weighted by atomic mass is 9.89. The number of rotatable bonds is 4. The minimum atomic E-state index is -0.664. The quantitative estimate of drug-likeness (QED) is 0.405. The molecule has 0 atom stereocenters. The maximum atomic E-state index is 14.7. The molecule has 3 aromatic heterocycles. The summed E-state index contributed by atoms with van der Waals surface area (Å²) < 4.78 is 30.1. The van der Waals surface area contributed by atoms with Gasteiger partial charge in [0.2, 0.25) is 0 Å². The summed E-state index contributed by atoms with van der Waals surface area (Å²) in [5.74, 6) is 0.527. The Kier molecular flexibility index (Phi) is 5.28. The molecule has 0 unspecified atom stereocenters. The number of Topliss-reactive ketones (excluding diaryl/α,β-unsaturated/α-hetero) is 1. The Morgan fingerprint density at radius 2 is 1.94 bits per heavy atom. The van der Waals surface area contributed by atoms with Crippen molar-refractivity contribution in [2.24, 2.45) is 0 Å². The van der Waals surface area contributed by atoms with Crippen LogP contribution in [0.15, 0.2) is 30.6 Å². The van der Waals surface area contributed by atoms with Crippen molar-refractivity contribution in [1.29, 1.82) is 0 Å². The van der Waals surface area contributed by atoms with E-state index in [4.69, 9.17) is 4.98 Å². The monoisotopic (exact) mass is 453 g/mol. The molecule has 4 aromatic rings. The van der Waals surface area contributed by atoms with E-state index in [1.807, 2.05) is 24.4 Å². The lowest BCUT2D eigenvalue weighted by Crippen LogP contribution is -2.12. The average Bonchev–Trinajstić information content (AvgIpc) is 3.38. The SMILES string of the molecule is CC(C)c1nnc2ncc(-c3sc(C4CCC(=O)CC4)nc3-c3ccc(F)cc3F)cn12. The summed E-state index contributed by atoms with van der Waals surface area (Å²) in [6.45, 7) is 4.05. The largest absolute Gasteiger partial charge is 0.300 e. The van der Waals surface area contributed by atoms with Crippen LogP contribution in [-0.2, 0) is 4.79 Å². The number of nitrogens with zero attached hydrogens (tertiary/aromatic N) is 5. The van der Waals surface area contributed by atoms with E-state index >= 15 is 0 Å². The van der Waals surface area contributed by atoms with E-state index in [0.717, 1.165) is 40.2 Å². The van der Waals surface area contributed by atoms with Crippen LogP contribution in [0.3, 0.4) is 0 Å². The molecule has 1 aliphatic carbocycles. The van der Waals surface area contributed by atoms with E-state index in [2.05, 4.69) is 15.2 Å². The van der Waals surface area contributed by atoms with Crippen molar-refractivity contribution < 1.29 is 13.6 Å². The highest BCUT2D eigenvalue weighted by molar-refractivity contribution is 7.15. The van der Waals surface area contributed by atoms with Crippen molar-refractivity contribution in [2.45, 2.75) is 51.4 Å². The highest BCUT2D eigenvalue weighted by atomic mass is 32.1. The Morgan fingerprint density at radius 3 is 2.66 bits per heavy atom. The Balaban J connectivity index is 1.67. The first kappa shape index (κ1) is 20.8. The number of hydrogen-bond acceptors (Lipinski definition) is 6. The summed E-state index contributed by atoms with van der Waals surface area (Å²) in [6, 6.07) is 3.52. The van der Waals surface area contributed by atoms with E-state index in [1.165, 1.54) is 23.5 Å². The number of halogens is 2. The molecule has 164 valence electrons. The molecule has 0 N–H and O–H groups in total. The van der Waals surface area contributed by atoms with Gasteiger partial charge in [-0.05, 0) is 25.0 Å². The number of fused-ring (bicyclic) bond motifs is 1. The molecule has 0 bridgehead atoms. The summed E-state index contributed by atoms with van der Waals surface area (Å²) in [5, 5.41) is 9.21. The standard InChI is InChI=1S/C23H21F2N5OS/c1-12(2)21-28-29-23-26-10-14(11-30(21)23)20-19(17-8-5-15(24)9-18(17)25)27-22(32-20)13-3-6-16(31)7-4-13/h5,8-13H,3-4,6-7H2,1-2H3. The first-order valence-corrected chi connectivity index (χ1v) is 11.4. The minimum absolute atomic E-state index is 0.145. The van der Waals surface area contributed by atoms with Gasteiger partial charge in [-0.25, -0.2) is 18.7 Å². The van der Waals surface area contributed by atoms with E-state index in [9.17, 15) is 13.6 Å². The first-order valence-electron chi connectivity index (χ1n) is 10.6. The fourth-order valence-corrected chi connectivity index (χ4v) is 5.30. The summed E-state index contributed by atoms with van der Waals surface area (Å²) in [6.07, 6.45) is 6.11. The molecule has 0 amide bonds. The Hall–Kier alpha value is -3.07. The lowest BCUT2D eigenvalue weighted by molar-refractivity contribution is -0.120. The van der Waals surface area contributed by atoms with Gasteiger partial charge < -0.3 is 0 Å². The van der Waals surface area contributed by atoms with Gasteiger partial charge in [0.1, 0.15) is 23.2 Å². The predicted molar refractivity (Wildman–Crippen MR) is 118 cm³/mol. The van der Waals surface area contributed by atoms with Gasteiger partial charge in [-0.15, -0.1) is 21.5 Å². The molecule has 1 fully saturated rings. The fraction of sp³-hybridized carbons (Fsp3) is 0.348. The molecule has 3 heterocycles. The van der Waals surface area contributed by atoms with Crippen LogP contribution >= 0.6 is 11.3 Å². The number of hydrogen-bond donors (Lipinski definition) is 0. The van der Waals surface area contributed by atoms with Crippen LogP contribution in [0, 0.1) is 11.6 Å². The lowest BCUT2D eigenvalue weighted by Gasteiger charge is -2.18. The second-order valence-electron chi connectivity index (χ2n) is 8.39. The van der Waals surface area contributed by atoms with Crippen molar-refractivity contribution in [3.8, 4) is 21.7 Å². The van der Waals surface area contributed by atoms with Gasteiger partial charge in [0, 0.05) is 54.3 Å². The maximum Gasteiger partial charge on any atom is 0.254 e. The third-order valence-corrected chi connectivity index (χ3v) is 7.06. The molecule has 0 saturated heterocycles. The van der Waals surface area contributed by atoms with Gasteiger partial charge in [0.25, 0.3) is 5.78 Å². The molecule has 1 aromatic carbocycles. The fourth-order valence-electron chi connectivity index (χ4n) is 4.07. The van der Waals surface area contributed by atoms with E-state index in [1.54, 1.807) is 6.20 Å². The second-order valence-corrected chi connectivity index (χ2v) is 9.42. The molecular weight excluding hydrogens is 432 g/mol. The summed E-state index contributed by atoms with van der Waals surface area (Å²) >= 11 is 1.48. The van der Waals surface area contributed by atoms with E-state index in [0.29, 0.717) is 24.3 Å². The van der Waals surface area contributed by atoms with Crippen molar-refractivity contribution in [1.82, 2.24) is 24.6 Å². The van der Waals surface area contributed by atoms with E-state index in [-0.39, 0.29) is 23.2 Å². The molecule has 0 radical (unpaired) electrons. The summed E-state index contributed by atoms with van der Waals surface area (Å²) in [7, 11) is 0. The molecule has 9 heteroatoms. The molecule has 1 saturated carbocycles. The van der Waals surface area contributed by atoms with Gasteiger partial charge >= 0.3 is 0 Å². The molecule has 32 heavy (non-hydrogen) atoms. The molecular formula is C23H21F2N5OS. The zero-order valence-electron chi connectivity index (χ0n) is 17.7. The van der Waals surface area contributed by atoms with Crippen LogP contribution in [0.1, 0.15) is 62.2 Å². The minimum Gasteiger partial charge on any atom is -0.300 e. The first-order chi connectivity index (χ1) is 15.4. The number of carbonyl (C=O) groups excluding carboxylic acids is 1.